The van der Waals surface area contributed by atoms with Crippen LogP contribution in [0.15, 0.2) is 0 Å². The fraction of sp³-hybridized carbons (Fsp3) is 0.933. The Kier molecular flexibility index (Phi) is 10.6. The third-order valence-electron chi connectivity index (χ3n) is 3.13. The standard InChI is InChI=1S/C15H32N2O4/c1-6-20-10-8-17(9-11-21-7-2)12-15(5,14(18)19)16-13(3)4/h13,16H,6-12H2,1-5H3,(H,18,19). The van der Waals surface area contributed by atoms with Crippen molar-refractivity contribution in [1.82, 2.24) is 10.2 Å². The summed E-state index contributed by atoms with van der Waals surface area (Å²) in [7, 11) is 0. The van der Waals surface area contributed by atoms with Gasteiger partial charge in [0, 0.05) is 38.9 Å². The second-order valence-corrected chi connectivity index (χ2v) is 5.61. The molecule has 0 aromatic heterocycles. The average Bonchev–Trinajstić information content (AvgIpc) is 2.37. The van der Waals surface area contributed by atoms with Gasteiger partial charge in [-0.3, -0.25) is 15.0 Å². The molecule has 0 radical (unpaired) electrons. The molecule has 0 aromatic rings. The number of hydrogen-bond donors (Lipinski definition) is 2. The molecule has 0 aliphatic rings. The van der Waals surface area contributed by atoms with Gasteiger partial charge in [0.15, 0.2) is 0 Å². The Bertz CT molecular complexity index is 277. The van der Waals surface area contributed by atoms with Gasteiger partial charge in [0.1, 0.15) is 5.54 Å². The van der Waals surface area contributed by atoms with E-state index in [0.29, 0.717) is 46.1 Å². The van der Waals surface area contributed by atoms with Crippen LogP contribution in [0.25, 0.3) is 0 Å². The number of carboxylic acids is 1. The maximum absolute atomic E-state index is 11.6. The largest absolute Gasteiger partial charge is 0.480 e. The van der Waals surface area contributed by atoms with Crippen molar-refractivity contribution in [1.29, 1.82) is 0 Å². The zero-order valence-electron chi connectivity index (χ0n) is 14.1. The lowest BCUT2D eigenvalue weighted by atomic mass is 10.0. The van der Waals surface area contributed by atoms with E-state index in [4.69, 9.17) is 9.47 Å². The van der Waals surface area contributed by atoms with Crippen molar-refractivity contribution < 1.29 is 19.4 Å². The van der Waals surface area contributed by atoms with E-state index in [9.17, 15) is 9.90 Å². The third-order valence-corrected chi connectivity index (χ3v) is 3.13. The van der Waals surface area contributed by atoms with E-state index in [1.807, 2.05) is 27.7 Å². The Morgan fingerprint density at radius 2 is 1.67 bits per heavy atom. The first-order valence-corrected chi connectivity index (χ1v) is 7.74. The van der Waals surface area contributed by atoms with Gasteiger partial charge >= 0.3 is 5.97 Å². The Balaban J connectivity index is 4.65. The molecule has 1 unspecified atom stereocenters. The third kappa shape index (κ3) is 9.03. The molecule has 0 rings (SSSR count). The first-order valence-electron chi connectivity index (χ1n) is 7.74. The monoisotopic (exact) mass is 304 g/mol. The molecule has 0 aliphatic carbocycles. The summed E-state index contributed by atoms with van der Waals surface area (Å²) in [4.78, 5) is 13.7. The van der Waals surface area contributed by atoms with Gasteiger partial charge in [-0.15, -0.1) is 0 Å². The zero-order chi connectivity index (χ0) is 16.3. The highest BCUT2D eigenvalue weighted by atomic mass is 16.5. The van der Waals surface area contributed by atoms with Crippen LogP contribution in [0, 0.1) is 0 Å². The summed E-state index contributed by atoms with van der Waals surface area (Å²) in [5, 5.41) is 12.7. The van der Waals surface area contributed by atoms with Gasteiger partial charge in [0.2, 0.25) is 0 Å². The number of hydrogen-bond acceptors (Lipinski definition) is 5. The molecular formula is C15H32N2O4. The second-order valence-electron chi connectivity index (χ2n) is 5.61. The summed E-state index contributed by atoms with van der Waals surface area (Å²) in [6, 6.07) is 0.103. The van der Waals surface area contributed by atoms with Gasteiger partial charge < -0.3 is 14.6 Å². The molecule has 0 amide bonds. The van der Waals surface area contributed by atoms with Crippen LogP contribution >= 0.6 is 0 Å². The normalized spacial score (nSPS) is 14.6. The fourth-order valence-corrected chi connectivity index (χ4v) is 2.21. The number of nitrogens with one attached hydrogen (secondary N) is 1. The Hall–Kier alpha value is -0.690. The number of aliphatic carboxylic acids is 1. The van der Waals surface area contributed by atoms with E-state index in [1.54, 1.807) is 6.92 Å². The van der Waals surface area contributed by atoms with Gasteiger partial charge in [-0.05, 0) is 34.6 Å². The summed E-state index contributed by atoms with van der Waals surface area (Å²) in [5.74, 6) is -0.839. The van der Waals surface area contributed by atoms with Crippen LogP contribution in [-0.2, 0) is 14.3 Å². The smallest absolute Gasteiger partial charge is 0.324 e. The molecule has 0 bridgehead atoms. The molecule has 6 nitrogen and oxygen atoms in total. The van der Waals surface area contributed by atoms with E-state index in [2.05, 4.69) is 10.2 Å². The summed E-state index contributed by atoms with van der Waals surface area (Å²) in [6.07, 6.45) is 0. The minimum Gasteiger partial charge on any atom is -0.480 e. The van der Waals surface area contributed by atoms with E-state index in [0.717, 1.165) is 0 Å². The quantitative estimate of drug-likeness (QED) is 0.498. The first-order chi connectivity index (χ1) is 9.85. The fourth-order valence-electron chi connectivity index (χ4n) is 2.21. The topological polar surface area (TPSA) is 71.0 Å². The molecule has 1 atom stereocenters. The van der Waals surface area contributed by atoms with Crippen LogP contribution in [0.2, 0.25) is 0 Å². The second kappa shape index (κ2) is 11.0. The molecule has 0 saturated carbocycles. The number of carbonyl (C=O) groups is 1. The van der Waals surface area contributed by atoms with E-state index in [1.165, 1.54) is 0 Å². The van der Waals surface area contributed by atoms with E-state index >= 15 is 0 Å². The van der Waals surface area contributed by atoms with E-state index in [-0.39, 0.29) is 6.04 Å². The van der Waals surface area contributed by atoms with Gasteiger partial charge in [-0.2, -0.15) is 0 Å². The molecule has 2 N–H and O–H groups in total. The summed E-state index contributed by atoms with van der Waals surface area (Å²) in [5.41, 5.74) is -0.980. The van der Waals surface area contributed by atoms with Crippen molar-refractivity contribution in [2.24, 2.45) is 0 Å². The lowest BCUT2D eigenvalue weighted by molar-refractivity contribution is -0.145. The van der Waals surface area contributed by atoms with Crippen LogP contribution < -0.4 is 5.32 Å². The van der Waals surface area contributed by atoms with Gasteiger partial charge in [0.25, 0.3) is 0 Å². The van der Waals surface area contributed by atoms with Gasteiger partial charge in [-0.1, -0.05) is 0 Å². The molecule has 0 fully saturated rings. The predicted molar refractivity (Wildman–Crippen MR) is 83.7 cm³/mol. The maximum Gasteiger partial charge on any atom is 0.324 e. The van der Waals surface area contributed by atoms with Crippen molar-refractivity contribution in [3.8, 4) is 0 Å². The minimum atomic E-state index is -0.980. The molecule has 0 aromatic carbocycles. The summed E-state index contributed by atoms with van der Waals surface area (Å²) < 4.78 is 10.8. The lowest BCUT2D eigenvalue weighted by Crippen LogP contribution is -2.59. The van der Waals surface area contributed by atoms with Crippen LogP contribution in [0.4, 0.5) is 0 Å². The highest BCUT2D eigenvalue weighted by Crippen LogP contribution is 2.09. The Morgan fingerprint density at radius 3 is 2.00 bits per heavy atom. The average molecular weight is 304 g/mol. The number of ether oxygens (including phenoxy) is 2. The van der Waals surface area contributed by atoms with Crippen LogP contribution in [-0.4, -0.2) is 73.6 Å². The molecule has 126 valence electrons. The minimum absolute atomic E-state index is 0.103. The van der Waals surface area contributed by atoms with Crippen molar-refractivity contribution in [3.63, 3.8) is 0 Å². The van der Waals surface area contributed by atoms with Crippen molar-refractivity contribution in [3.05, 3.63) is 0 Å². The summed E-state index contributed by atoms with van der Waals surface area (Å²) in [6.45, 7) is 13.9. The van der Waals surface area contributed by atoms with Crippen LogP contribution in [0.1, 0.15) is 34.6 Å². The van der Waals surface area contributed by atoms with Crippen molar-refractivity contribution in [2.45, 2.75) is 46.2 Å². The maximum atomic E-state index is 11.6. The Morgan fingerprint density at radius 1 is 1.19 bits per heavy atom. The van der Waals surface area contributed by atoms with E-state index < -0.39 is 11.5 Å². The molecule has 0 aliphatic heterocycles. The lowest BCUT2D eigenvalue weighted by Gasteiger charge is -2.34. The molecule has 6 heteroatoms. The van der Waals surface area contributed by atoms with Crippen LogP contribution in [0.5, 0.6) is 0 Å². The van der Waals surface area contributed by atoms with Crippen LogP contribution in [0.3, 0.4) is 0 Å². The predicted octanol–water partition coefficient (Wildman–Crippen LogP) is 1.20. The number of rotatable bonds is 13. The molecule has 0 heterocycles. The van der Waals surface area contributed by atoms with Crippen molar-refractivity contribution >= 4 is 5.97 Å². The highest BCUT2D eigenvalue weighted by molar-refractivity contribution is 5.78. The molecule has 0 spiro atoms. The zero-order valence-corrected chi connectivity index (χ0v) is 14.1. The first kappa shape index (κ1) is 20.3. The number of carboxylic acid groups (broad SMARTS) is 1. The highest BCUT2D eigenvalue weighted by Gasteiger charge is 2.35. The SMILES string of the molecule is CCOCCN(CCOCC)CC(C)(NC(C)C)C(=O)O. The number of nitrogens with zero attached hydrogens (tertiary/aromatic N) is 1. The molecule has 0 saturated heterocycles. The molecule has 21 heavy (non-hydrogen) atoms. The van der Waals surface area contributed by atoms with Gasteiger partial charge in [-0.25, -0.2) is 0 Å². The Labute approximate surface area is 128 Å². The van der Waals surface area contributed by atoms with Crippen molar-refractivity contribution in [2.75, 3.05) is 46.1 Å². The van der Waals surface area contributed by atoms with Gasteiger partial charge in [0.05, 0.1) is 13.2 Å². The molecular weight excluding hydrogens is 272 g/mol. The summed E-state index contributed by atoms with van der Waals surface area (Å²) >= 11 is 0.